The van der Waals surface area contributed by atoms with Gasteiger partial charge in [0.1, 0.15) is 0 Å². The lowest BCUT2D eigenvalue weighted by Crippen LogP contribution is -2.05. The zero-order valence-corrected chi connectivity index (χ0v) is 11.4. The van der Waals surface area contributed by atoms with Gasteiger partial charge >= 0.3 is 0 Å². The van der Waals surface area contributed by atoms with Gasteiger partial charge in [0.05, 0.1) is 12.9 Å². The molecule has 1 heterocycles. The van der Waals surface area contributed by atoms with Crippen LogP contribution in [0.1, 0.15) is 12.0 Å². The maximum atomic E-state index is 11.2. The molecule has 1 aromatic carbocycles. The molecule has 102 valence electrons. The van der Waals surface area contributed by atoms with Gasteiger partial charge in [-0.3, -0.25) is 8.98 Å². The first-order valence-electron chi connectivity index (χ1n) is 5.90. The van der Waals surface area contributed by atoms with Crippen LogP contribution in [0.15, 0.2) is 35.1 Å². The van der Waals surface area contributed by atoms with Crippen molar-refractivity contribution in [3.05, 3.63) is 46.2 Å². The summed E-state index contributed by atoms with van der Waals surface area (Å²) in [6.07, 6.45) is 2.34. The monoisotopic (exact) mass is 281 g/mol. The number of fused-ring (bicyclic) bond motifs is 1. The summed E-state index contributed by atoms with van der Waals surface area (Å²) in [7, 11) is -3.37. The van der Waals surface area contributed by atoms with Crippen molar-refractivity contribution in [2.24, 2.45) is 0 Å². The number of aromatic amines is 1. The Labute approximate surface area is 111 Å². The minimum absolute atomic E-state index is 0.134. The summed E-state index contributed by atoms with van der Waals surface area (Å²) in [4.78, 5) is 14.0. The maximum absolute atomic E-state index is 11.2. The summed E-state index contributed by atoms with van der Waals surface area (Å²) < 4.78 is 26.3. The van der Waals surface area contributed by atoms with Gasteiger partial charge in [-0.1, -0.05) is 12.1 Å². The van der Waals surface area contributed by atoms with Crippen LogP contribution in [0.5, 0.6) is 0 Å². The van der Waals surface area contributed by atoms with Crippen molar-refractivity contribution in [1.29, 1.82) is 0 Å². The minimum atomic E-state index is -3.37. The Hall–Kier alpha value is -1.66. The van der Waals surface area contributed by atoms with Gasteiger partial charge in [0.25, 0.3) is 10.1 Å². The summed E-state index contributed by atoms with van der Waals surface area (Å²) in [6.45, 7) is 0.169. The molecule has 6 heteroatoms. The van der Waals surface area contributed by atoms with E-state index in [0.717, 1.165) is 22.7 Å². The molecule has 5 nitrogen and oxygen atoms in total. The van der Waals surface area contributed by atoms with Gasteiger partial charge < -0.3 is 4.98 Å². The second-order valence-corrected chi connectivity index (χ2v) is 6.02. The molecule has 0 saturated carbocycles. The summed E-state index contributed by atoms with van der Waals surface area (Å²) >= 11 is 0. The first-order valence-corrected chi connectivity index (χ1v) is 7.72. The highest BCUT2D eigenvalue weighted by molar-refractivity contribution is 7.85. The van der Waals surface area contributed by atoms with E-state index in [4.69, 9.17) is 0 Å². The average molecular weight is 281 g/mol. The summed E-state index contributed by atoms with van der Waals surface area (Å²) in [5, 5.41) is 0.968. The SMILES string of the molecule is CS(=O)(=O)OCCCc1ccc2ccc(=O)[nH]c2c1. The second-order valence-electron chi connectivity index (χ2n) is 4.37. The van der Waals surface area contributed by atoms with Crippen molar-refractivity contribution in [1.82, 2.24) is 4.98 Å². The third kappa shape index (κ3) is 4.18. The number of nitrogens with one attached hydrogen (secondary N) is 1. The maximum Gasteiger partial charge on any atom is 0.264 e. The van der Waals surface area contributed by atoms with Crippen molar-refractivity contribution >= 4 is 21.0 Å². The lowest BCUT2D eigenvalue weighted by Gasteiger charge is -2.04. The minimum Gasteiger partial charge on any atom is -0.322 e. The van der Waals surface area contributed by atoms with E-state index in [1.54, 1.807) is 6.07 Å². The van der Waals surface area contributed by atoms with Crippen LogP contribution in [0, 0.1) is 0 Å². The lowest BCUT2D eigenvalue weighted by molar-refractivity contribution is 0.316. The molecular formula is C13H15NO4S. The van der Waals surface area contributed by atoms with Crippen molar-refractivity contribution in [3.8, 4) is 0 Å². The molecule has 0 aliphatic carbocycles. The molecule has 2 rings (SSSR count). The topological polar surface area (TPSA) is 76.2 Å². The number of hydrogen-bond donors (Lipinski definition) is 1. The fourth-order valence-corrected chi connectivity index (χ4v) is 2.26. The smallest absolute Gasteiger partial charge is 0.264 e. The fourth-order valence-electron chi connectivity index (χ4n) is 1.84. The first kappa shape index (κ1) is 13.8. The van der Waals surface area contributed by atoms with Crippen LogP contribution in [-0.2, 0) is 20.7 Å². The molecule has 0 fully saturated rings. The number of pyridine rings is 1. The predicted octanol–water partition coefficient (Wildman–Crippen LogP) is 1.44. The normalized spacial score (nSPS) is 11.8. The second kappa shape index (κ2) is 5.54. The van der Waals surface area contributed by atoms with Gasteiger partial charge in [-0.25, -0.2) is 0 Å². The number of benzene rings is 1. The van der Waals surface area contributed by atoms with Crippen molar-refractivity contribution < 1.29 is 12.6 Å². The van der Waals surface area contributed by atoms with Crippen LogP contribution in [0.25, 0.3) is 10.9 Å². The van der Waals surface area contributed by atoms with E-state index in [9.17, 15) is 13.2 Å². The van der Waals surface area contributed by atoms with Gasteiger partial charge in [-0.2, -0.15) is 8.42 Å². The van der Waals surface area contributed by atoms with Gasteiger partial charge in [0, 0.05) is 11.6 Å². The largest absolute Gasteiger partial charge is 0.322 e. The Bertz CT molecular complexity index is 734. The highest BCUT2D eigenvalue weighted by Crippen LogP contribution is 2.13. The van der Waals surface area contributed by atoms with Crippen LogP contribution >= 0.6 is 0 Å². The molecule has 0 saturated heterocycles. The molecule has 0 radical (unpaired) electrons. The van der Waals surface area contributed by atoms with Crippen molar-refractivity contribution in [2.45, 2.75) is 12.8 Å². The standard InChI is InChI=1S/C13H15NO4S/c1-19(16,17)18-8-2-3-10-4-5-11-6-7-13(15)14-12(11)9-10/h4-7,9H,2-3,8H2,1H3,(H,14,15). The fraction of sp³-hybridized carbons (Fsp3) is 0.308. The van der Waals surface area contributed by atoms with Crippen LogP contribution in [-0.4, -0.2) is 26.3 Å². The van der Waals surface area contributed by atoms with E-state index in [1.807, 2.05) is 18.2 Å². The predicted molar refractivity (Wildman–Crippen MR) is 73.7 cm³/mol. The number of aryl methyl sites for hydroxylation is 1. The molecule has 0 spiro atoms. The molecule has 1 aromatic heterocycles. The average Bonchev–Trinajstić information content (AvgIpc) is 2.33. The van der Waals surface area contributed by atoms with E-state index in [2.05, 4.69) is 9.17 Å². The Morgan fingerprint density at radius 2 is 1.95 bits per heavy atom. The quantitative estimate of drug-likeness (QED) is 0.664. The number of hydrogen-bond acceptors (Lipinski definition) is 4. The zero-order chi connectivity index (χ0) is 13.9. The molecule has 2 aromatic rings. The molecule has 1 N–H and O–H groups in total. The van der Waals surface area contributed by atoms with Crippen LogP contribution in [0.2, 0.25) is 0 Å². The molecule has 19 heavy (non-hydrogen) atoms. The van der Waals surface area contributed by atoms with Gasteiger partial charge in [0.15, 0.2) is 0 Å². The van der Waals surface area contributed by atoms with E-state index in [1.165, 1.54) is 6.07 Å². The molecule has 0 unspecified atom stereocenters. The van der Waals surface area contributed by atoms with Crippen LogP contribution < -0.4 is 5.56 Å². The van der Waals surface area contributed by atoms with Gasteiger partial charge in [-0.15, -0.1) is 0 Å². The Morgan fingerprint density at radius 3 is 2.68 bits per heavy atom. The van der Waals surface area contributed by atoms with Crippen molar-refractivity contribution in [2.75, 3.05) is 12.9 Å². The molecule has 0 aliphatic heterocycles. The Morgan fingerprint density at radius 1 is 1.21 bits per heavy atom. The van der Waals surface area contributed by atoms with E-state index < -0.39 is 10.1 Å². The molecule has 0 bridgehead atoms. The molecule has 0 aliphatic rings. The lowest BCUT2D eigenvalue weighted by atomic mass is 10.1. The summed E-state index contributed by atoms with van der Waals surface area (Å²) in [5.74, 6) is 0. The molecular weight excluding hydrogens is 266 g/mol. The first-order chi connectivity index (χ1) is 8.94. The van der Waals surface area contributed by atoms with Gasteiger partial charge in [0.2, 0.25) is 5.56 Å². The molecule has 0 atom stereocenters. The van der Waals surface area contributed by atoms with E-state index >= 15 is 0 Å². The van der Waals surface area contributed by atoms with E-state index in [0.29, 0.717) is 12.8 Å². The van der Waals surface area contributed by atoms with E-state index in [-0.39, 0.29) is 12.2 Å². The highest BCUT2D eigenvalue weighted by atomic mass is 32.2. The number of H-pyrrole nitrogens is 1. The zero-order valence-electron chi connectivity index (χ0n) is 10.5. The third-order valence-corrected chi connectivity index (χ3v) is 3.29. The van der Waals surface area contributed by atoms with Crippen molar-refractivity contribution in [3.63, 3.8) is 0 Å². The van der Waals surface area contributed by atoms with Crippen LogP contribution in [0.3, 0.4) is 0 Å². The van der Waals surface area contributed by atoms with Crippen LogP contribution in [0.4, 0.5) is 0 Å². The number of aromatic nitrogens is 1. The Balaban J connectivity index is 2.03. The highest BCUT2D eigenvalue weighted by Gasteiger charge is 2.02. The summed E-state index contributed by atoms with van der Waals surface area (Å²) in [6, 6.07) is 9.04. The van der Waals surface area contributed by atoms with Gasteiger partial charge in [-0.05, 0) is 35.9 Å². The summed E-state index contributed by atoms with van der Waals surface area (Å²) in [5.41, 5.74) is 1.69. The molecule has 0 amide bonds. The number of rotatable bonds is 5. The Kier molecular flexibility index (Phi) is 4.01. The third-order valence-electron chi connectivity index (χ3n) is 2.70.